The fourth-order valence-electron chi connectivity index (χ4n) is 2.21. The van der Waals surface area contributed by atoms with Crippen LogP contribution in [0, 0.1) is 0 Å². The van der Waals surface area contributed by atoms with Crippen LogP contribution in [0.4, 0.5) is 5.82 Å². The van der Waals surface area contributed by atoms with Gasteiger partial charge < -0.3 is 10.6 Å². The zero-order chi connectivity index (χ0) is 15.3. The van der Waals surface area contributed by atoms with E-state index in [-0.39, 0.29) is 11.6 Å². The van der Waals surface area contributed by atoms with Crippen LogP contribution >= 0.6 is 11.6 Å². The first-order valence-corrected chi connectivity index (χ1v) is 7.38. The lowest BCUT2D eigenvalue weighted by molar-refractivity contribution is 0.364. The summed E-state index contributed by atoms with van der Waals surface area (Å²) in [6.07, 6.45) is 3.07. The van der Waals surface area contributed by atoms with Gasteiger partial charge >= 0.3 is 0 Å². The summed E-state index contributed by atoms with van der Waals surface area (Å²) < 4.78 is 0. The minimum absolute atomic E-state index is 0.108. The Morgan fingerprint density at radius 2 is 1.95 bits per heavy atom. The van der Waals surface area contributed by atoms with Crippen molar-refractivity contribution >= 4 is 17.4 Å². The first-order valence-electron chi connectivity index (χ1n) is 7.00. The van der Waals surface area contributed by atoms with Gasteiger partial charge in [0.25, 0.3) is 0 Å². The van der Waals surface area contributed by atoms with Crippen molar-refractivity contribution in [2.24, 2.45) is 0 Å². The van der Waals surface area contributed by atoms with E-state index >= 15 is 0 Å². The average Bonchev–Trinajstić information content (AvgIpc) is 2.47. The topological polar surface area (TPSA) is 49.8 Å². The van der Waals surface area contributed by atoms with Crippen LogP contribution in [0.3, 0.4) is 0 Å². The van der Waals surface area contributed by atoms with Crippen LogP contribution in [0.2, 0.25) is 5.02 Å². The van der Waals surface area contributed by atoms with Crippen molar-refractivity contribution in [2.75, 3.05) is 11.9 Å². The smallest absolute Gasteiger partial charge is 0.148 e. The Kier molecular flexibility index (Phi) is 5.15. The lowest BCUT2D eigenvalue weighted by Gasteiger charge is -2.31. The molecule has 0 aliphatic carbocycles. The number of nitrogens with one attached hydrogen (secondary N) is 2. The first kappa shape index (κ1) is 15.7. The molecule has 1 heterocycles. The summed E-state index contributed by atoms with van der Waals surface area (Å²) in [5.74, 6) is 0.661. The molecule has 0 aliphatic heterocycles. The molecule has 1 unspecified atom stereocenters. The maximum Gasteiger partial charge on any atom is 0.148 e. The predicted molar refractivity (Wildman–Crippen MR) is 87.6 cm³/mol. The molecule has 2 rings (SSSR count). The van der Waals surface area contributed by atoms with E-state index in [0.29, 0.717) is 17.4 Å². The first-order chi connectivity index (χ1) is 9.98. The quantitative estimate of drug-likeness (QED) is 0.855. The lowest BCUT2D eigenvalue weighted by Crippen LogP contribution is -2.46. The summed E-state index contributed by atoms with van der Waals surface area (Å²) in [4.78, 5) is 8.02. The van der Waals surface area contributed by atoms with Gasteiger partial charge in [0.2, 0.25) is 0 Å². The fraction of sp³-hybridized carbons (Fsp3) is 0.375. The number of hydrogen-bond acceptors (Lipinski definition) is 4. The molecule has 1 aromatic heterocycles. The molecule has 2 N–H and O–H groups in total. The van der Waals surface area contributed by atoms with Gasteiger partial charge in [-0.15, -0.1) is 0 Å². The molecule has 2 aromatic rings. The monoisotopic (exact) mass is 304 g/mol. The van der Waals surface area contributed by atoms with Crippen LogP contribution in [0.25, 0.3) is 0 Å². The lowest BCUT2D eigenvalue weighted by atomic mass is 10.0. The summed E-state index contributed by atoms with van der Waals surface area (Å²) in [6, 6.07) is 10.7. The van der Waals surface area contributed by atoms with Gasteiger partial charge in [0, 0.05) is 18.1 Å². The molecule has 0 spiro atoms. The molecule has 0 aliphatic rings. The Hall–Kier alpha value is -1.65. The normalized spacial score (nSPS) is 13.0. The molecule has 4 nitrogen and oxygen atoms in total. The molecule has 0 fully saturated rings. The third-order valence-corrected chi connectivity index (χ3v) is 3.55. The van der Waals surface area contributed by atoms with Gasteiger partial charge in [0.15, 0.2) is 0 Å². The number of rotatable bonds is 6. The summed E-state index contributed by atoms with van der Waals surface area (Å²) in [5, 5.41) is 7.41. The van der Waals surface area contributed by atoms with Crippen LogP contribution in [-0.2, 0) is 0 Å². The van der Waals surface area contributed by atoms with Gasteiger partial charge in [0.1, 0.15) is 17.2 Å². The molecular weight excluding hydrogens is 284 g/mol. The van der Waals surface area contributed by atoms with E-state index in [1.54, 1.807) is 6.20 Å². The van der Waals surface area contributed by atoms with Crippen molar-refractivity contribution in [3.63, 3.8) is 0 Å². The third-order valence-electron chi connectivity index (χ3n) is 3.27. The summed E-state index contributed by atoms with van der Waals surface area (Å²) in [5.41, 5.74) is 1.16. The second-order valence-electron chi connectivity index (χ2n) is 5.73. The summed E-state index contributed by atoms with van der Waals surface area (Å²) >= 11 is 6.05. The van der Waals surface area contributed by atoms with E-state index in [4.69, 9.17) is 11.6 Å². The van der Waals surface area contributed by atoms with Crippen molar-refractivity contribution in [3.05, 3.63) is 53.4 Å². The van der Waals surface area contributed by atoms with Crippen LogP contribution in [-0.4, -0.2) is 22.1 Å². The molecule has 0 amide bonds. The molecule has 0 saturated carbocycles. The Labute approximate surface area is 131 Å². The Balaban J connectivity index is 1.94. The predicted octanol–water partition coefficient (Wildman–Crippen LogP) is 3.67. The van der Waals surface area contributed by atoms with Crippen LogP contribution in [0.5, 0.6) is 0 Å². The molecule has 5 heteroatoms. The van der Waals surface area contributed by atoms with Crippen molar-refractivity contribution in [1.29, 1.82) is 0 Å². The molecule has 112 valence electrons. The van der Waals surface area contributed by atoms with Gasteiger partial charge in [-0.2, -0.15) is 0 Å². The van der Waals surface area contributed by atoms with Gasteiger partial charge in [-0.1, -0.05) is 41.9 Å². The van der Waals surface area contributed by atoms with Gasteiger partial charge in [-0.3, -0.25) is 0 Å². The van der Waals surface area contributed by atoms with E-state index in [1.165, 1.54) is 11.9 Å². The highest BCUT2D eigenvalue weighted by atomic mass is 35.5. The highest BCUT2D eigenvalue weighted by Gasteiger charge is 2.21. The SMILES string of the molecule is CC(NC(C)(C)CNc1ncncc1Cl)c1ccccc1. The molecular formula is C16H21ClN4. The second-order valence-corrected chi connectivity index (χ2v) is 6.14. The van der Waals surface area contributed by atoms with Crippen LogP contribution in [0.1, 0.15) is 32.4 Å². The van der Waals surface area contributed by atoms with Gasteiger partial charge in [-0.25, -0.2) is 9.97 Å². The highest BCUT2D eigenvalue weighted by molar-refractivity contribution is 6.32. The number of halogens is 1. The van der Waals surface area contributed by atoms with Crippen molar-refractivity contribution in [1.82, 2.24) is 15.3 Å². The number of benzene rings is 1. The number of aromatic nitrogens is 2. The fourth-order valence-corrected chi connectivity index (χ4v) is 2.38. The zero-order valence-electron chi connectivity index (χ0n) is 12.6. The molecule has 0 saturated heterocycles. The molecule has 0 radical (unpaired) electrons. The third kappa shape index (κ3) is 4.69. The van der Waals surface area contributed by atoms with E-state index in [1.807, 2.05) is 6.07 Å². The minimum Gasteiger partial charge on any atom is -0.367 e. The Bertz CT molecular complexity index is 571. The zero-order valence-corrected chi connectivity index (χ0v) is 13.4. The van der Waals surface area contributed by atoms with E-state index in [2.05, 4.69) is 65.6 Å². The standard InChI is InChI=1S/C16H21ClN4/c1-12(13-7-5-4-6-8-13)21-16(2,3)10-19-15-14(17)9-18-11-20-15/h4-9,11-12,21H,10H2,1-3H3,(H,18,19,20). The van der Waals surface area contributed by atoms with E-state index < -0.39 is 0 Å². The number of hydrogen-bond donors (Lipinski definition) is 2. The summed E-state index contributed by atoms with van der Waals surface area (Å²) in [6.45, 7) is 7.17. The molecule has 0 bridgehead atoms. The van der Waals surface area contributed by atoms with Gasteiger partial charge in [0.05, 0.1) is 6.20 Å². The maximum absolute atomic E-state index is 6.05. The van der Waals surface area contributed by atoms with Crippen molar-refractivity contribution in [2.45, 2.75) is 32.4 Å². The second kappa shape index (κ2) is 6.87. The molecule has 1 aromatic carbocycles. The summed E-state index contributed by atoms with van der Waals surface area (Å²) in [7, 11) is 0. The van der Waals surface area contributed by atoms with Crippen LogP contribution < -0.4 is 10.6 Å². The average molecular weight is 305 g/mol. The Morgan fingerprint density at radius 3 is 2.62 bits per heavy atom. The highest BCUT2D eigenvalue weighted by Crippen LogP contribution is 2.19. The van der Waals surface area contributed by atoms with Gasteiger partial charge in [-0.05, 0) is 26.3 Å². The minimum atomic E-state index is -0.108. The molecule has 21 heavy (non-hydrogen) atoms. The maximum atomic E-state index is 6.05. The van der Waals surface area contributed by atoms with Crippen molar-refractivity contribution < 1.29 is 0 Å². The van der Waals surface area contributed by atoms with E-state index in [0.717, 1.165) is 0 Å². The van der Waals surface area contributed by atoms with E-state index in [9.17, 15) is 0 Å². The largest absolute Gasteiger partial charge is 0.367 e. The Morgan fingerprint density at radius 1 is 1.24 bits per heavy atom. The molecule has 1 atom stereocenters. The van der Waals surface area contributed by atoms with Crippen LogP contribution in [0.15, 0.2) is 42.9 Å². The van der Waals surface area contributed by atoms with Crippen molar-refractivity contribution in [3.8, 4) is 0 Å². The number of anilines is 1. The number of nitrogens with zero attached hydrogens (tertiary/aromatic N) is 2.